The van der Waals surface area contributed by atoms with E-state index in [-0.39, 0.29) is 63.7 Å². The number of hydrogen-bond acceptors (Lipinski definition) is 9. The number of ether oxygens (including phenoxy) is 2. The van der Waals surface area contributed by atoms with Crippen LogP contribution in [-0.2, 0) is 22.4 Å². The normalized spacial score (nSPS) is 19.7. The Morgan fingerprint density at radius 3 is 2.24 bits per heavy atom. The highest BCUT2D eigenvalue weighted by molar-refractivity contribution is 6.31. The molecule has 0 radical (unpaired) electrons. The summed E-state index contributed by atoms with van der Waals surface area (Å²) in [4.78, 5) is 38.1. The third kappa shape index (κ3) is 5.39. The Hall–Kier alpha value is -3.27. The number of aromatic hydroxyl groups is 2. The molecule has 5 rings (SSSR count). The van der Waals surface area contributed by atoms with E-state index in [2.05, 4.69) is 0 Å². The fourth-order valence-corrected chi connectivity index (χ4v) is 4.93. The zero-order valence-electron chi connectivity index (χ0n) is 21.4. The largest absolute Gasteiger partial charge is 0.507 e. The number of fused-ring (bicyclic) bond motifs is 3. The van der Waals surface area contributed by atoms with Crippen LogP contribution in [0.3, 0.4) is 0 Å². The zero-order chi connectivity index (χ0) is 27.3. The van der Waals surface area contributed by atoms with Gasteiger partial charge in [-0.15, -0.1) is 0 Å². The summed E-state index contributed by atoms with van der Waals surface area (Å²) in [6, 6.07) is 4.59. The molecule has 9 nitrogen and oxygen atoms in total. The highest BCUT2D eigenvalue weighted by Gasteiger charge is 2.40. The molecule has 0 spiro atoms. The van der Waals surface area contributed by atoms with Crippen molar-refractivity contribution < 1.29 is 44.3 Å². The van der Waals surface area contributed by atoms with Gasteiger partial charge < -0.3 is 29.9 Å². The van der Waals surface area contributed by atoms with E-state index in [1.807, 2.05) is 13.8 Å². The first-order valence-corrected chi connectivity index (χ1v) is 12.6. The Morgan fingerprint density at radius 2 is 1.68 bits per heavy atom. The third-order valence-electron chi connectivity index (χ3n) is 6.79. The van der Waals surface area contributed by atoms with Crippen LogP contribution in [0.5, 0.6) is 17.2 Å². The summed E-state index contributed by atoms with van der Waals surface area (Å²) in [6.45, 7) is 4.13. The Balaban J connectivity index is 0.000000361. The van der Waals surface area contributed by atoms with E-state index in [0.717, 1.165) is 25.9 Å². The Labute approximate surface area is 215 Å². The van der Waals surface area contributed by atoms with Crippen molar-refractivity contribution in [2.45, 2.75) is 58.7 Å². The van der Waals surface area contributed by atoms with E-state index in [9.17, 15) is 24.6 Å². The second kappa shape index (κ2) is 12.3. The number of ketones is 3. The van der Waals surface area contributed by atoms with Gasteiger partial charge in [-0.05, 0) is 44.6 Å². The van der Waals surface area contributed by atoms with Crippen LogP contribution in [0.15, 0.2) is 18.2 Å². The lowest BCUT2D eigenvalue weighted by molar-refractivity contribution is -0.126. The number of methoxy groups -OCH3 is 1. The smallest absolute Gasteiger partial charge is 0.202 e. The van der Waals surface area contributed by atoms with Gasteiger partial charge in [0, 0.05) is 29.2 Å². The minimum Gasteiger partial charge on any atom is -0.507 e. The number of phenolic OH excluding ortho intramolecular Hbond substituents is 2. The molecule has 3 aliphatic rings. The van der Waals surface area contributed by atoms with Gasteiger partial charge in [0.05, 0.1) is 23.8 Å². The van der Waals surface area contributed by atoms with Gasteiger partial charge in [0.15, 0.2) is 17.9 Å². The van der Waals surface area contributed by atoms with Crippen LogP contribution in [0.1, 0.15) is 82.5 Å². The highest BCUT2D eigenvalue weighted by atomic mass is 16.6. The van der Waals surface area contributed by atoms with Crippen molar-refractivity contribution in [1.82, 2.24) is 0 Å². The summed E-state index contributed by atoms with van der Waals surface area (Å²) < 4.78 is 10.0. The molecule has 1 fully saturated rings. The summed E-state index contributed by atoms with van der Waals surface area (Å²) in [6.07, 6.45) is 3.29. The van der Waals surface area contributed by atoms with Gasteiger partial charge in [0.2, 0.25) is 5.78 Å². The van der Waals surface area contributed by atoms with E-state index in [4.69, 9.17) is 19.7 Å². The van der Waals surface area contributed by atoms with Gasteiger partial charge >= 0.3 is 0 Å². The summed E-state index contributed by atoms with van der Waals surface area (Å²) in [7, 11) is 1.38. The predicted octanol–water partition coefficient (Wildman–Crippen LogP) is 3.08. The third-order valence-corrected chi connectivity index (χ3v) is 6.79. The minimum absolute atomic E-state index is 0.0568. The standard InChI is InChI=1S/C21H18O7.C5H10O2.C2H6/c1-28-14-4-2-3-11-15(14)21(27)17-16(19(11)25)20(26)12-7-9(13(23)8-22)5-6-10(12)18(17)24;6-5-3-1-2-4-7-5;1-2/h2-4,9,22,24,26H,5-8H2,1H3;5-6H,1-4H2;1-2H3. The van der Waals surface area contributed by atoms with E-state index in [0.29, 0.717) is 12.0 Å². The van der Waals surface area contributed by atoms with Crippen LogP contribution < -0.4 is 4.74 Å². The first kappa shape index (κ1) is 28.3. The molecule has 200 valence electrons. The van der Waals surface area contributed by atoms with E-state index >= 15 is 0 Å². The topological polar surface area (TPSA) is 151 Å². The number of aliphatic hydroxyl groups excluding tert-OH is 2. The number of carbonyl (C=O) groups is 3. The number of carbonyl (C=O) groups excluding carboxylic acids is 3. The van der Waals surface area contributed by atoms with Crippen LogP contribution in [0, 0.1) is 5.92 Å². The lowest BCUT2D eigenvalue weighted by Crippen LogP contribution is -2.28. The maximum absolute atomic E-state index is 13.1. The van der Waals surface area contributed by atoms with Crippen molar-refractivity contribution in [3.05, 3.63) is 51.6 Å². The fourth-order valence-electron chi connectivity index (χ4n) is 4.93. The number of benzene rings is 2. The van der Waals surface area contributed by atoms with Crippen molar-refractivity contribution in [1.29, 1.82) is 0 Å². The molecule has 2 atom stereocenters. The molecule has 4 N–H and O–H groups in total. The second-order valence-electron chi connectivity index (χ2n) is 8.83. The van der Waals surface area contributed by atoms with Crippen LogP contribution in [0.2, 0.25) is 0 Å². The fraction of sp³-hybridized carbons (Fsp3) is 0.464. The summed E-state index contributed by atoms with van der Waals surface area (Å²) in [5, 5.41) is 39.4. The zero-order valence-corrected chi connectivity index (χ0v) is 21.4. The molecule has 2 unspecified atom stereocenters. The number of phenols is 2. The number of hydrogen-bond donors (Lipinski definition) is 4. The molecule has 1 heterocycles. The van der Waals surface area contributed by atoms with Gasteiger partial charge in [0.1, 0.15) is 23.9 Å². The maximum Gasteiger partial charge on any atom is 0.202 e. The molecular weight excluding hydrogens is 480 g/mol. The first-order chi connectivity index (χ1) is 17.8. The molecule has 1 aliphatic heterocycles. The Morgan fingerprint density at radius 1 is 1.00 bits per heavy atom. The molecule has 2 aliphatic carbocycles. The van der Waals surface area contributed by atoms with Gasteiger partial charge in [-0.1, -0.05) is 26.0 Å². The van der Waals surface area contributed by atoms with Crippen LogP contribution in [0.25, 0.3) is 0 Å². The molecule has 0 saturated carbocycles. The monoisotopic (exact) mass is 514 g/mol. The molecule has 1 saturated heterocycles. The molecule has 0 aromatic heterocycles. The maximum atomic E-state index is 13.1. The van der Waals surface area contributed by atoms with Crippen LogP contribution in [-0.4, -0.2) is 64.4 Å². The van der Waals surface area contributed by atoms with Gasteiger partial charge in [-0.2, -0.15) is 0 Å². The van der Waals surface area contributed by atoms with E-state index < -0.39 is 30.4 Å². The van der Waals surface area contributed by atoms with Crippen LogP contribution in [0.4, 0.5) is 0 Å². The summed E-state index contributed by atoms with van der Waals surface area (Å²) in [5.41, 5.74) is 0.301. The van der Waals surface area contributed by atoms with Crippen molar-refractivity contribution >= 4 is 17.3 Å². The van der Waals surface area contributed by atoms with Crippen LogP contribution >= 0.6 is 0 Å². The van der Waals surface area contributed by atoms with E-state index in [1.54, 1.807) is 12.1 Å². The molecule has 9 heteroatoms. The van der Waals surface area contributed by atoms with Crippen molar-refractivity contribution in [2.24, 2.45) is 5.92 Å². The number of Topliss-reactive ketones (excluding diaryl/α,β-unsaturated/α-hetero) is 1. The molecule has 37 heavy (non-hydrogen) atoms. The second-order valence-corrected chi connectivity index (χ2v) is 8.83. The predicted molar refractivity (Wildman–Crippen MR) is 134 cm³/mol. The SMILES string of the molecule is CC.COc1cccc2c1C(=O)c1c(O)c3c(c(O)c1C2=O)CC(C(=O)CO)CC3.OC1CCCCO1. The van der Waals surface area contributed by atoms with Crippen molar-refractivity contribution in [2.75, 3.05) is 20.3 Å². The minimum atomic E-state index is -0.609. The summed E-state index contributed by atoms with van der Waals surface area (Å²) >= 11 is 0. The molecular formula is C28H34O9. The number of aliphatic hydroxyl groups is 2. The molecule has 0 bridgehead atoms. The number of rotatable bonds is 3. The molecule has 0 amide bonds. The van der Waals surface area contributed by atoms with Gasteiger partial charge in [-0.3, -0.25) is 14.4 Å². The first-order valence-electron chi connectivity index (χ1n) is 12.6. The molecule has 2 aromatic rings. The van der Waals surface area contributed by atoms with E-state index in [1.165, 1.54) is 13.2 Å². The van der Waals surface area contributed by atoms with Crippen molar-refractivity contribution in [3.8, 4) is 17.2 Å². The highest BCUT2D eigenvalue weighted by Crippen LogP contribution is 2.47. The van der Waals surface area contributed by atoms with Gasteiger partial charge in [0.25, 0.3) is 0 Å². The van der Waals surface area contributed by atoms with Gasteiger partial charge in [-0.25, -0.2) is 0 Å². The molecule has 2 aromatic carbocycles. The Bertz CT molecular complexity index is 1180. The average Bonchev–Trinajstić information content (AvgIpc) is 2.94. The Kier molecular flexibility index (Phi) is 9.42. The quantitative estimate of drug-likeness (QED) is 0.387. The lowest BCUT2D eigenvalue weighted by atomic mass is 9.75. The summed E-state index contributed by atoms with van der Waals surface area (Å²) in [5.74, 6) is -2.56. The van der Waals surface area contributed by atoms with Crippen molar-refractivity contribution in [3.63, 3.8) is 0 Å². The lowest BCUT2D eigenvalue weighted by Gasteiger charge is -2.29. The average molecular weight is 515 g/mol.